The van der Waals surface area contributed by atoms with Crippen molar-refractivity contribution in [2.75, 3.05) is 19.8 Å². The molecule has 5 aromatic rings. The minimum atomic E-state index is -0.520. The van der Waals surface area contributed by atoms with E-state index in [4.69, 9.17) is 28.2 Å². The van der Waals surface area contributed by atoms with Crippen molar-refractivity contribution in [3.05, 3.63) is 75.0 Å². The predicted molar refractivity (Wildman–Crippen MR) is 198 cm³/mol. The third-order valence-corrected chi connectivity index (χ3v) is 13.6. The number of hydrogen-bond acceptors (Lipinski definition) is 6. The molecule has 272 valence electrons. The van der Waals surface area contributed by atoms with Crippen LogP contribution in [-0.4, -0.2) is 61.2 Å². The number of benzene rings is 2. The summed E-state index contributed by atoms with van der Waals surface area (Å²) in [6.07, 6.45) is 7.40. The molecule has 3 aromatic heterocycles. The number of aryl methyl sites for hydroxylation is 2. The molecule has 1 N–H and O–H groups in total. The van der Waals surface area contributed by atoms with Crippen LogP contribution in [0.4, 0.5) is 8.78 Å². The molecule has 3 saturated heterocycles. The van der Waals surface area contributed by atoms with Crippen LogP contribution < -0.4 is 5.32 Å². The fourth-order valence-corrected chi connectivity index (χ4v) is 9.90. The monoisotopic (exact) mass is 754 g/mol. The molecular formula is C40H38Cl2F2N8O. The molecule has 13 heteroatoms. The molecule has 0 spiro atoms. The van der Waals surface area contributed by atoms with Gasteiger partial charge in [-0.3, -0.25) is 9.18 Å². The van der Waals surface area contributed by atoms with E-state index in [2.05, 4.69) is 32.3 Å². The Labute approximate surface area is 315 Å². The van der Waals surface area contributed by atoms with Crippen molar-refractivity contribution in [2.45, 2.75) is 87.9 Å². The lowest BCUT2D eigenvalue weighted by atomic mass is 9.79. The van der Waals surface area contributed by atoms with Crippen molar-refractivity contribution in [1.82, 2.24) is 34.8 Å². The Kier molecular flexibility index (Phi) is 7.70. The van der Waals surface area contributed by atoms with Gasteiger partial charge in [-0.25, -0.2) is 14.1 Å². The Morgan fingerprint density at radius 3 is 2.70 bits per heavy atom. The van der Waals surface area contributed by atoms with E-state index in [0.717, 1.165) is 55.2 Å². The predicted octanol–water partition coefficient (Wildman–Crippen LogP) is 8.12. The summed E-state index contributed by atoms with van der Waals surface area (Å²) >= 11 is 13.1. The van der Waals surface area contributed by atoms with Gasteiger partial charge in [-0.1, -0.05) is 40.5 Å². The molecule has 6 aliphatic rings. The Bertz CT molecular complexity index is 2380. The first kappa shape index (κ1) is 33.5. The van der Waals surface area contributed by atoms with Gasteiger partial charge in [-0.05, 0) is 81.5 Å². The summed E-state index contributed by atoms with van der Waals surface area (Å²) < 4.78 is 35.5. The highest BCUT2D eigenvalue weighted by Crippen LogP contribution is 2.53. The van der Waals surface area contributed by atoms with Crippen LogP contribution in [0.3, 0.4) is 0 Å². The first-order valence-electron chi connectivity index (χ1n) is 18.7. The molecule has 3 aliphatic heterocycles. The lowest BCUT2D eigenvalue weighted by Gasteiger charge is -2.39. The number of rotatable bonds is 9. The van der Waals surface area contributed by atoms with Crippen LogP contribution in [0.5, 0.6) is 0 Å². The number of nitrogens with zero attached hydrogens (tertiary/aromatic N) is 7. The van der Waals surface area contributed by atoms with Crippen molar-refractivity contribution in [3.8, 4) is 17.2 Å². The van der Waals surface area contributed by atoms with Crippen molar-refractivity contribution < 1.29 is 13.6 Å². The van der Waals surface area contributed by atoms with Gasteiger partial charge in [0, 0.05) is 76.4 Å². The standard InChI is InChI=1S/C40H38Cl2F2N8O/c1-20-26-15-31(30-14-24(17-50(30)39(53)21-7-8-21)51-18-32(48-49-51)40(19-43)9-10-40)52(37-23-13-29(37)46-16-23)38(26)27-12-22(4-3-11-45)33(35(44)36(27)47-20)25-5-2-6-28(41)34(25)42/h2,5-6,12,15,18,21,23-24,29-30,37,46H,3-4,7-10,13-14,16-17,19H2,1H3/t23-,24+,29-,30-,37+/m1/s1. The summed E-state index contributed by atoms with van der Waals surface area (Å²) in [4.78, 5) is 21.1. The van der Waals surface area contributed by atoms with E-state index in [0.29, 0.717) is 63.8 Å². The Balaban J connectivity index is 1.18. The highest BCUT2D eigenvalue weighted by Gasteiger charge is 2.52. The number of hydrogen-bond donors (Lipinski definition) is 1. The summed E-state index contributed by atoms with van der Waals surface area (Å²) in [6, 6.07) is 11.6. The van der Waals surface area contributed by atoms with Gasteiger partial charge in [0.2, 0.25) is 5.91 Å². The summed E-state index contributed by atoms with van der Waals surface area (Å²) in [5.74, 6) is 0.0625. The van der Waals surface area contributed by atoms with Gasteiger partial charge in [0.15, 0.2) is 5.82 Å². The van der Waals surface area contributed by atoms with Crippen molar-refractivity contribution in [1.29, 1.82) is 5.26 Å². The molecule has 53 heavy (non-hydrogen) atoms. The zero-order valence-corrected chi connectivity index (χ0v) is 30.8. The van der Waals surface area contributed by atoms with Gasteiger partial charge in [0.1, 0.15) is 12.2 Å². The number of aromatic nitrogens is 5. The molecule has 3 saturated carbocycles. The molecule has 3 aliphatic carbocycles. The summed E-state index contributed by atoms with van der Waals surface area (Å²) in [5.41, 5.74) is 4.44. The number of nitriles is 1. The van der Waals surface area contributed by atoms with Gasteiger partial charge in [-0.2, -0.15) is 5.26 Å². The van der Waals surface area contributed by atoms with Crippen LogP contribution in [0.15, 0.2) is 36.5 Å². The maximum atomic E-state index is 17.2. The quantitative estimate of drug-likeness (QED) is 0.163. The summed E-state index contributed by atoms with van der Waals surface area (Å²) in [5, 5.41) is 24.4. The first-order chi connectivity index (χ1) is 25.7. The molecule has 6 heterocycles. The maximum Gasteiger partial charge on any atom is 0.226 e. The normalized spacial score (nSPS) is 25.7. The van der Waals surface area contributed by atoms with Crippen LogP contribution in [-0.2, 0) is 16.6 Å². The fraction of sp³-hybridized carbons (Fsp3) is 0.475. The van der Waals surface area contributed by atoms with Gasteiger partial charge in [0.25, 0.3) is 0 Å². The Morgan fingerprint density at radius 2 is 2.00 bits per heavy atom. The van der Waals surface area contributed by atoms with Crippen LogP contribution >= 0.6 is 23.2 Å². The fourth-order valence-electron chi connectivity index (χ4n) is 9.50. The van der Waals surface area contributed by atoms with E-state index in [1.807, 2.05) is 28.8 Å². The first-order valence-corrected chi connectivity index (χ1v) is 19.5. The van der Waals surface area contributed by atoms with Gasteiger partial charge in [-0.15, -0.1) is 5.10 Å². The minimum Gasteiger partial charge on any atom is -0.337 e. The van der Waals surface area contributed by atoms with Crippen LogP contribution in [0, 0.1) is 35.9 Å². The summed E-state index contributed by atoms with van der Waals surface area (Å²) in [7, 11) is 0. The molecule has 2 bridgehead atoms. The van der Waals surface area contributed by atoms with Gasteiger partial charge in [0.05, 0.1) is 45.5 Å². The number of amides is 1. The van der Waals surface area contributed by atoms with Crippen LogP contribution in [0.25, 0.3) is 32.9 Å². The number of nitrogens with one attached hydrogen (secondary N) is 1. The largest absolute Gasteiger partial charge is 0.337 e. The second-order valence-corrected chi connectivity index (χ2v) is 16.7. The zero-order valence-electron chi connectivity index (χ0n) is 29.3. The van der Waals surface area contributed by atoms with Gasteiger partial charge < -0.3 is 14.8 Å². The number of halogens is 4. The Hall–Kier alpha value is -4.11. The second kappa shape index (κ2) is 12.2. The van der Waals surface area contributed by atoms with E-state index >= 15 is 4.39 Å². The number of pyridine rings is 1. The van der Waals surface area contributed by atoms with Crippen molar-refractivity contribution in [3.63, 3.8) is 0 Å². The third-order valence-electron chi connectivity index (χ3n) is 12.8. The maximum absolute atomic E-state index is 17.2. The van der Waals surface area contributed by atoms with Gasteiger partial charge >= 0.3 is 0 Å². The van der Waals surface area contributed by atoms with E-state index in [1.165, 1.54) is 0 Å². The SMILES string of the molecule is Cc1nc2c(F)c(-c3cccc(Cl)c3Cl)c(CCC#N)cc2c2c1cc([C@H]1C[C@H](n3cc(C4(CF)CC4)nn3)CN1C(=O)C1CC1)n2[C@H]1[C@H]2CN[C@@H]1C2. The molecule has 6 fully saturated rings. The molecular weight excluding hydrogens is 717 g/mol. The average molecular weight is 756 g/mol. The lowest BCUT2D eigenvalue weighted by Crippen LogP contribution is -2.41. The van der Waals surface area contributed by atoms with E-state index in [-0.39, 0.29) is 53.0 Å². The zero-order chi connectivity index (χ0) is 36.3. The second-order valence-electron chi connectivity index (χ2n) is 15.9. The van der Waals surface area contributed by atoms with Crippen molar-refractivity contribution >= 4 is 50.9 Å². The third kappa shape index (κ3) is 5.08. The Morgan fingerprint density at radius 1 is 1.17 bits per heavy atom. The highest BCUT2D eigenvalue weighted by molar-refractivity contribution is 6.43. The molecule has 0 unspecified atom stereocenters. The number of carbonyl (C=O) groups is 1. The smallest absolute Gasteiger partial charge is 0.226 e. The number of alkyl halides is 1. The highest BCUT2D eigenvalue weighted by atomic mass is 35.5. The topological polar surface area (TPSA) is 105 Å². The molecule has 11 rings (SSSR count). The number of fused-ring (bicyclic) bond motifs is 4. The van der Waals surface area contributed by atoms with E-state index < -0.39 is 17.9 Å². The molecule has 1 amide bonds. The van der Waals surface area contributed by atoms with Crippen molar-refractivity contribution in [2.24, 2.45) is 11.8 Å². The van der Waals surface area contributed by atoms with E-state index in [9.17, 15) is 14.4 Å². The lowest BCUT2D eigenvalue weighted by molar-refractivity contribution is -0.133. The molecule has 5 atom stereocenters. The van der Waals surface area contributed by atoms with Crippen LogP contribution in [0.2, 0.25) is 10.0 Å². The molecule has 9 nitrogen and oxygen atoms in total. The minimum absolute atomic E-state index is 0.0148. The van der Waals surface area contributed by atoms with E-state index in [1.54, 1.807) is 18.2 Å². The number of carbonyl (C=O) groups excluding carboxylic acids is 1. The molecule has 2 aromatic carbocycles. The average Bonchev–Trinajstić information content (AvgIpc) is 3.76. The van der Waals surface area contributed by atoms with Crippen LogP contribution in [0.1, 0.15) is 85.7 Å². The summed E-state index contributed by atoms with van der Waals surface area (Å²) in [6.45, 7) is 2.85. The molecule has 0 radical (unpaired) electrons. The number of likely N-dealkylation sites (tertiary alicyclic amines) is 1.